The molecule has 5 heterocycles. The van der Waals surface area contributed by atoms with Gasteiger partial charge in [-0.3, -0.25) is 4.98 Å². The minimum absolute atomic E-state index is 0.0590. The number of quaternary nitrogens is 1. The van der Waals surface area contributed by atoms with Crippen LogP contribution in [0.25, 0.3) is 55.7 Å². The number of rotatable bonds is 12. The van der Waals surface area contributed by atoms with Gasteiger partial charge in [-0.25, -0.2) is 4.98 Å². The van der Waals surface area contributed by atoms with Crippen molar-refractivity contribution < 1.29 is 19.1 Å². The molecule has 0 aliphatic carbocycles. The molecule has 2 aromatic heterocycles. The van der Waals surface area contributed by atoms with Gasteiger partial charge in [0.05, 0.1) is 24.2 Å². The largest absolute Gasteiger partial charge is 0.508 e. The maximum Gasteiger partial charge on any atom is 0.227 e. The van der Waals surface area contributed by atoms with E-state index < -0.39 is 11.7 Å². The van der Waals surface area contributed by atoms with Gasteiger partial charge in [0.1, 0.15) is 34.8 Å². The Morgan fingerprint density at radius 2 is 1.38 bits per heavy atom. The maximum atomic E-state index is 11.0. The molecule has 11 rings (SSSR count). The summed E-state index contributed by atoms with van der Waals surface area (Å²) in [6.07, 6.45) is 5.43. The van der Waals surface area contributed by atoms with Crippen molar-refractivity contribution >= 4 is 22.5 Å². The first kappa shape index (κ1) is 43.1. The summed E-state index contributed by atoms with van der Waals surface area (Å²) in [5.41, 5.74) is 9.10. The third-order valence-electron chi connectivity index (χ3n) is 13.5. The number of pyridine rings is 1. The smallest absolute Gasteiger partial charge is 0.227 e. The van der Waals surface area contributed by atoms with Crippen LogP contribution in [0, 0.1) is 11.8 Å². The van der Waals surface area contributed by atoms with Crippen LogP contribution in [0.1, 0.15) is 50.8 Å². The van der Waals surface area contributed by atoms with Crippen LogP contribution in [0.5, 0.6) is 17.4 Å². The van der Waals surface area contributed by atoms with Gasteiger partial charge in [0.2, 0.25) is 5.88 Å². The maximum absolute atomic E-state index is 11.0. The van der Waals surface area contributed by atoms with Gasteiger partial charge in [0.25, 0.3) is 0 Å². The van der Waals surface area contributed by atoms with Crippen LogP contribution in [0.2, 0.25) is 5.15 Å². The molecule has 8 aromatic rings. The van der Waals surface area contributed by atoms with Crippen LogP contribution in [0.3, 0.4) is 0 Å². The van der Waals surface area contributed by atoms with E-state index in [1.54, 1.807) is 6.07 Å². The molecule has 1 unspecified atom stereocenters. The summed E-state index contributed by atoms with van der Waals surface area (Å²) in [5.74, 6) is 2.64. The van der Waals surface area contributed by atoms with Crippen LogP contribution in [0.4, 0.5) is 0 Å². The number of phenolic OH excluding ortho intramolecular Hbond substituents is 1. The molecule has 0 saturated carbocycles. The zero-order valence-electron chi connectivity index (χ0n) is 37.6. The number of halogens is 1. The van der Waals surface area contributed by atoms with Crippen LogP contribution in [0.15, 0.2) is 177 Å². The predicted molar refractivity (Wildman–Crippen MR) is 266 cm³/mol. The highest BCUT2D eigenvalue weighted by atomic mass is 35.5. The van der Waals surface area contributed by atoms with E-state index in [4.69, 9.17) is 36.0 Å². The Labute approximate surface area is 392 Å². The van der Waals surface area contributed by atoms with Crippen molar-refractivity contribution in [1.29, 1.82) is 0 Å². The minimum atomic E-state index is -0.548. The second-order valence-corrected chi connectivity index (χ2v) is 19.2. The average Bonchev–Trinajstić information content (AvgIpc) is 3.34. The Morgan fingerprint density at radius 3 is 1.98 bits per heavy atom. The van der Waals surface area contributed by atoms with E-state index in [-0.39, 0.29) is 11.8 Å². The Bertz CT molecular complexity index is 2960. The number of ether oxygens (including phenoxy) is 2. The lowest BCUT2D eigenvalue weighted by Crippen LogP contribution is -2.68. The summed E-state index contributed by atoms with van der Waals surface area (Å²) in [6.45, 7) is 13.3. The fourth-order valence-corrected chi connectivity index (χ4v) is 10.8. The number of phenols is 1. The van der Waals surface area contributed by atoms with Crippen LogP contribution in [-0.4, -0.2) is 49.3 Å². The minimum Gasteiger partial charge on any atom is -0.508 e. The summed E-state index contributed by atoms with van der Waals surface area (Å²) in [4.78, 5) is 14.9. The molecule has 0 radical (unpaired) electrons. The van der Waals surface area contributed by atoms with Crippen LogP contribution < -0.4 is 9.47 Å². The number of piperidine rings is 3. The Kier molecular flexibility index (Phi) is 11.7. The topological polar surface area (TPSA) is 77.4 Å². The molecule has 2 bridgehead atoms. The number of benzene rings is 6. The van der Waals surface area contributed by atoms with Crippen molar-refractivity contribution in [2.24, 2.45) is 11.8 Å². The molecular formula is C58H54ClN4O3+. The van der Waals surface area contributed by atoms with Gasteiger partial charge in [-0.1, -0.05) is 139 Å². The molecule has 3 fully saturated rings. The number of nitrogens with zero attached hydrogens (tertiary/aromatic N) is 4. The number of aromatic nitrogens is 3. The van der Waals surface area contributed by atoms with E-state index in [0.29, 0.717) is 34.3 Å². The number of hydrogen-bond donors (Lipinski definition) is 1. The van der Waals surface area contributed by atoms with Crippen molar-refractivity contribution in [2.45, 2.75) is 57.9 Å². The monoisotopic (exact) mass is 889 g/mol. The molecule has 6 aromatic carbocycles. The standard InChI is InChI=1S/C58H53ClN4O3/c1-5-39-37-63(36-38-32-47(40-18-10-6-11-19-40)53(66-58(2,3)4)48(33-38)41-20-12-7-13-21-41)31-29-44(39)34-51(63)54(46-28-30-60-50-27-26-45(64)35-49(46)50)65-57-52(42-22-14-8-15-23-42)55(59)61-56(62-57)43-24-16-9-17-25-43/h5-28,30,32-33,35,39,44,51,54H,1,29,31,34,36-37H2,2-4H3/p+1/t39-,44-,51+,54+,63?/m0/s1. The normalized spacial score (nSPS) is 19.6. The summed E-state index contributed by atoms with van der Waals surface area (Å²) in [7, 11) is 0. The van der Waals surface area contributed by atoms with Gasteiger partial charge < -0.3 is 19.1 Å². The molecule has 3 aliphatic rings. The van der Waals surface area contributed by atoms with Crippen LogP contribution >= 0.6 is 11.6 Å². The van der Waals surface area contributed by atoms with Gasteiger partial charge in [-0.05, 0) is 79.8 Å². The summed E-state index contributed by atoms with van der Waals surface area (Å²) in [5, 5.41) is 12.2. The third kappa shape index (κ3) is 8.57. The second-order valence-electron chi connectivity index (χ2n) is 18.9. The molecule has 5 atom stereocenters. The van der Waals surface area contributed by atoms with E-state index in [2.05, 4.69) is 112 Å². The number of aromatic hydroxyl groups is 1. The Hall–Kier alpha value is -6.80. The predicted octanol–water partition coefficient (Wildman–Crippen LogP) is 14.0. The van der Waals surface area contributed by atoms with Crippen molar-refractivity contribution in [3.8, 4) is 62.1 Å². The van der Waals surface area contributed by atoms with E-state index in [1.165, 1.54) is 5.56 Å². The molecule has 0 spiro atoms. The molecule has 1 N–H and O–H groups in total. The average molecular weight is 891 g/mol. The fraction of sp³-hybridized carbons (Fsp3) is 0.224. The highest BCUT2D eigenvalue weighted by Gasteiger charge is 2.55. The molecule has 330 valence electrons. The van der Waals surface area contributed by atoms with E-state index >= 15 is 0 Å². The summed E-state index contributed by atoms with van der Waals surface area (Å²) < 4.78 is 15.4. The summed E-state index contributed by atoms with van der Waals surface area (Å²) >= 11 is 7.27. The van der Waals surface area contributed by atoms with Gasteiger partial charge in [-0.2, -0.15) is 4.98 Å². The zero-order chi connectivity index (χ0) is 45.4. The Morgan fingerprint density at radius 1 is 0.773 bits per heavy atom. The number of hydrogen-bond acceptors (Lipinski definition) is 6. The SMILES string of the molecule is C=C[C@H]1C[N+]2(Cc3cc(-c4ccccc4)c(OC(C)(C)C)c(-c4ccccc4)c3)CC[C@H]1C[C@@H]2[C@H](Oc1nc(-c2ccccc2)nc(Cl)c1-c1ccccc1)c1ccnc2ccc(O)cc12. The lowest BCUT2D eigenvalue weighted by atomic mass is 9.71. The van der Waals surface area contributed by atoms with Crippen molar-refractivity contribution in [2.75, 3.05) is 13.1 Å². The highest BCUT2D eigenvalue weighted by Crippen LogP contribution is 2.51. The molecule has 66 heavy (non-hydrogen) atoms. The van der Waals surface area contributed by atoms with E-state index in [0.717, 1.165) is 92.6 Å². The van der Waals surface area contributed by atoms with Crippen molar-refractivity contribution in [1.82, 2.24) is 15.0 Å². The van der Waals surface area contributed by atoms with E-state index in [9.17, 15) is 5.11 Å². The first-order valence-electron chi connectivity index (χ1n) is 22.9. The molecule has 3 saturated heterocycles. The molecular weight excluding hydrogens is 836 g/mol. The molecule has 8 heteroatoms. The summed E-state index contributed by atoms with van der Waals surface area (Å²) in [6, 6.07) is 53.2. The lowest BCUT2D eigenvalue weighted by Gasteiger charge is -2.58. The van der Waals surface area contributed by atoms with Gasteiger partial charge in [0, 0.05) is 58.2 Å². The second kappa shape index (κ2) is 17.9. The van der Waals surface area contributed by atoms with Crippen LogP contribution in [-0.2, 0) is 6.54 Å². The quantitative estimate of drug-likeness (QED) is 0.0748. The Balaban J connectivity index is 1.19. The van der Waals surface area contributed by atoms with Crippen molar-refractivity contribution in [3.05, 3.63) is 193 Å². The van der Waals surface area contributed by atoms with Gasteiger partial charge in [0.15, 0.2) is 11.9 Å². The van der Waals surface area contributed by atoms with Gasteiger partial charge >= 0.3 is 0 Å². The number of fused-ring (bicyclic) bond motifs is 4. The first-order valence-corrected chi connectivity index (χ1v) is 23.3. The molecule has 3 aliphatic heterocycles. The van der Waals surface area contributed by atoms with E-state index in [1.807, 2.05) is 79.0 Å². The van der Waals surface area contributed by atoms with Crippen molar-refractivity contribution in [3.63, 3.8) is 0 Å². The molecule has 0 amide bonds. The highest BCUT2D eigenvalue weighted by molar-refractivity contribution is 6.32. The third-order valence-corrected chi connectivity index (χ3v) is 13.8. The van der Waals surface area contributed by atoms with Gasteiger partial charge in [-0.15, -0.1) is 6.58 Å². The zero-order valence-corrected chi connectivity index (χ0v) is 38.4. The fourth-order valence-electron chi connectivity index (χ4n) is 10.5. The molecule has 7 nitrogen and oxygen atoms in total. The lowest BCUT2D eigenvalue weighted by molar-refractivity contribution is -0.984. The first-order chi connectivity index (χ1) is 32.1.